The van der Waals surface area contributed by atoms with Crippen LogP contribution in [0, 0.1) is 0 Å². The molecule has 0 radical (unpaired) electrons. The van der Waals surface area contributed by atoms with Crippen LogP contribution in [0.5, 0.6) is 0 Å². The van der Waals surface area contributed by atoms with E-state index in [1.165, 1.54) is 11.5 Å². The highest BCUT2D eigenvalue weighted by molar-refractivity contribution is 6.63. The molecule has 0 rings (SSSR count). The lowest BCUT2D eigenvalue weighted by Gasteiger charge is -2.08. The molecule has 0 N–H and O–H groups in total. The summed E-state index contributed by atoms with van der Waals surface area (Å²) < 4.78 is 10.3. The molecule has 2 nitrogen and oxygen atoms in total. The first kappa shape index (κ1) is 13.5. The van der Waals surface area contributed by atoms with Gasteiger partial charge in [0.15, 0.2) is 0 Å². The van der Waals surface area contributed by atoms with Gasteiger partial charge >= 0.3 is 0 Å². The topological polar surface area (TPSA) is 18.5 Å². The summed E-state index contributed by atoms with van der Waals surface area (Å²) in [7, 11) is -0.623. The average Bonchev–Trinajstić information content (AvgIpc) is 2.16. The van der Waals surface area contributed by atoms with Crippen molar-refractivity contribution >= 4 is 8.80 Å². The summed E-state index contributed by atoms with van der Waals surface area (Å²) in [6.07, 6.45) is 3.64. The van der Waals surface area contributed by atoms with Crippen molar-refractivity contribution in [2.75, 3.05) is 19.8 Å². The fourth-order valence-corrected chi connectivity index (χ4v) is 1.76. The molecule has 0 saturated heterocycles. The van der Waals surface area contributed by atoms with Crippen LogP contribution in [-0.4, -0.2) is 28.6 Å². The molecule has 0 atom stereocenters. The van der Waals surface area contributed by atoms with Gasteiger partial charge in [-0.05, 0) is 12.8 Å². The fourth-order valence-electron chi connectivity index (χ4n) is 0.982. The Balaban J connectivity index is 3.13. The molecule has 0 amide bonds. The predicted octanol–water partition coefficient (Wildman–Crippen LogP) is 2.53. The quantitative estimate of drug-likeness (QED) is 0.333. The summed E-state index contributed by atoms with van der Waals surface area (Å²) in [6, 6.07) is 0. The molecule has 0 spiro atoms. The lowest BCUT2D eigenvalue weighted by molar-refractivity contribution is 0.0840. The molecule has 0 aromatic heterocycles. The molecule has 3 heteroatoms. The molecule has 0 aromatic carbocycles. The number of hydrogen-bond acceptors (Lipinski definition) is 2. The molecular formula is C11H22O2Si. The van der Waals surface area contributed by atoms with Gasteiger partial charge in [0.25, 0.3) is 0 Å². The van der Waals surface area contributed by atoms with E-state index in [0.29, 0.717) is 13.2 Å². The van der Waals surface area contributed by atoms with E-state index in [9.17, 15) is 0 Å². The molecule has 0 fully saturated rings. The van der Waals surface area contributed by atoms with Crippen molar-refractivity contribution in [2.45, 2.75) is 25.9 Å². The third-order valence-corrected chi connectivity index (χ3v) is 3.99. The molecule has 0 aliphatic heterocycles. The molecule has 0 aliphatic rings. The van der Waals surface area contributed by atoms with E-state index >= 15 is 0 Å². The van der Waals surface area contributed by atoms with Gasteiger partial charge in [-0.25, -0.2) is 0 Å². The molecule has 0 aromatic rings. The number of ether oxygens (including phenoxy) is 2. The highest BCUT2D eigenvalue weighted by Gasteiger charge is 2.00. The third-order valence-electron chi connectivity index (χ3n) is 2.07. The maximum absolute atomic E-state index is 5.37. The second kappa shape index (κ2) is 9.03. The molecule has 0 unspecified atom stereocenters. The minimum Gasteiger partial charge on any atom is -0.499 e. The highest BCUT2D eigenvalue weighted by Crippen LogP contribution is 2.06. The Morgan fingerprint density at radius 3 is 2.57 bits per heavy atom. The Morgan fingerprint density at radius 2 is 2.00 bits per heavy atom. The van der Waals surface area contributed by atoms with Gasteiger partial charge < -0.3 is 9.47 Å². The van der Waals surface area contributed by atoms with Crippen LogP contribution in [-0.2, 0) is 9.47 Å². The standard InChI is InChI=1S/C11H22O2Si/c1-5-12-9-10-13-8-6-7-11(2)14(3)4/h5,14H,1-2,6-10H2,3-4H3. The Bertz CT molecular complexity index is 167. The van der Waals surface area contributed by atoms with Gasteiger partial charge in [-0.1, -0.05) is 24.9 Å². The summed E-state index contributed by atoms with van der Waals surface area (Å²) in [5.74, 6) is 0. The highest BCUT2D eigenvalue weighted by atomic mass is 28.3. The first-order valence-electron chi connectivity index (χ1n) is 5.16. The monoisotopic (exact) mass is 214 g/mol. The van der Waals surface area contributed by atoms with Crippen molar-refractivity contribution in [3.63, 3.8) is 0 Å². The molecule has 0 bridgehead atoms. The minimum atomic E-state index is -0.623. The fraction of sp³-hybridized carbons (Fsp3) is 0.636. The Morgan fingerprint density at radius 1 is 1.29 bits per heavy atom. The van der Waals surface area contributed by atoms with E-state index in [1.54, 1.807) is 0 Å². The molecule has 0 saturated carbocycles. The number of hydrogen-bond donors (Lipinski definition) is 0. The Hall–Kier alpha value is -0.543. The largest absolute Gasteiger partial charge is 0.499 e. The van der Waals surface area contributed by atoms with E-state index < -0.39 is 8.80 Å². The summed E-state index contributed by atoms with van der Waals surface area (Å²) in [5.41, 5.74) is 0. The SMILES string of the molecule is C=COCCOCCCC(=C)[SiH](C)C. The lowest BCUT2D eigenvalue weighted by Crippen LogP contribution is -2.07. The van der Waals surface area contributed by atoms with Crippen LogP contribution in [0.15, 0.2) is 24.6 Å². The Kier molecular flexibility index (Phi) is 8.68. The van der Waals surface area contributed by atoms with Gasteiger partial charge in [-0.3, -0.25) is 0 Å². The van der Waals surface area contributed by atoms with Crippen LogP contribution in [0.2, 0.25) is 13.1 Å². The summed E-state index contributed by atoms with van der Waals surface area (Å²) >= 11 is 0. The van der Waals surface area contributed by atoms with E-state index in [-0.39, 0.29) is 0 Å². The van der Waals surface area contributed by atoms with Crippen molar-refractivity contribution in [2.24, 2.45) is 0 Å². The smallest absolute Gasteiger partial charge is 0.111 e. The van der Waals surface area contributed by atoms with Gasteiger partial charge in [0.05, 0.1) is 21.7 Å². The summed E-state index contributed by atoms with van der Waals surface area (Å²) in [5, 5.41) is 1.44. The predicted molar refractivity (Wildman–Crippen MR) is 64.2 cm³/mol. The van der Waals surface area contributed by atoms with Crippen molar-refractivity contribution in [1.82, 2.24) is 0 Å². The maximum Gasteiger partial charge on any atom is 0.111 e. The van der Waals surface area contributed by atoms with Gasteiger partial charge in [-0.15, -0.1) is 6.58 Å². The zero-order valence-electron chi connectivity index (χ0n) is 9.42. The second-order valence-corrected chi connectivity index (χ2v) is 6.69. The first-order valence-corrected chi connectivity index (χ1v) is 8.05. The normalized spacial score (nSPS) is 10.2. The second-order valence-electron chi connectivity index (χ2n) is 3.57. The van der Waals surface area contributed by atoms with E-state index in [4.69, 9.17) is 9.47 Å². The van der Waals surface area contributed by atoms with Crippen LogP contribution in [0.4, 0.5) is 0 Å². The van der Waals surface area contributed by atoms with Gasteiger partial charge in [0.1, 0.15) is 6.61 Å². The molecule has 0 heterocycles. The van der Waals surface area contributed by atoms with Crippen LogP contribution in [0.3, 0.4) is 0 Å². The molecule has 14 heavy (non-hydrogen) atoms. The van der Waals surface area contributed by atoms with Crippen LogP contribution in [0.25, 0.3) is 0 Å². The van der Waals surface area contributed by atoms with Crippen LogP contribution < -0.4 is 0 Å². The summed E-state index contributed by atoms with van der Waals surface area (Å²) in [4.78, 5) is 0. The average molecular weight is 214 g/mol. The van der Waals surface area contributed by atoms with E-state index in [2.05, 4.69) is 26.3 Å². The first-order chi connectivity index (χ1) is 6.68. The van der Waals surface area contributed by atoms with Crippen molar-refractivity contribution in [3.05, 3.63) is 24.6 Å². The van der Waals surface area contributed by atoms with Crippen LogP contribution in [0.1, 0.15) is 12.8 Å². The minimum absolute atomic E-state index is 0.601. The lowest BCUT2D eigenvalue weighted by atomic mass is 10.3. The van der Waals surface area contributed by atoms with Gasteiger partial charge in [0, 0.05) is 6.61 Å². The van der Waals surface area contributed by atoms with E-state index in [1.807, 2.05) is 0 Å². The van der Waals surface area contributed by atoms with Crippen molar-refractivity contribution in [1.29, 1.82) is 0 Å². The zero-order valence-corrected chi connectivity index (χ0v) is 10.6. The molecule has 0 aliphatic carbocycles. The summed E-state index contributed by atoms with van der Waals surface area (Å²) in [6.45, 7) is 14.2. The molecule has 82 valence electrons. The van der Waals surface area contributed by atoms with Crippen molar-refractivity contribution < 1.29 is 9.47 Å². The number of rotatable bonds is 9. The number of allylic oxidation sites excluding steroid dienone is 1. The maximum atomic E-state index is 5.37. The van der Waals surface area contributed by atoms with Gasteiger partial charge in [-0.2, -0.15) is 0 Å². The third kappa shape index (κ3) is 8.07. The van der Waals surface area contributed by atoms with Crippen LogP contribution >= 0.6 is 0 Å². The van der Waals surface area contributed by atoms with Gasteiger partial charge in [0.2, 0.25) is 0 Å². The molecular weight excluding hydrogens is 192 g/mol. The van der Waals surface area contributed by atoms with E-state index in [0.717, 1.165) is 19.4 Å². The van der Waals surface area contributed by atoms with Crippen molar-refractivity contribution in [3.8, 4) is 0 Å². The Labute approximate surface area is 89.2 Å². The zero-order chi connectivity index (χ0) is 10.8.